The molecule has 0 bridgehead atoms. The topological polar surface area (TPSA) is 94.0 Å². The van der Waals surface area contributed by atoms with Gasteiger partial charge in [-0.15, -0.1) is 0 Å². The number of nitrogens with zero attached hydrogens (tertiary/aromatic N) is 1. The maximum absolute atomic E-state index is 10.6. The number of nitrogens with two attached hydrogens (primary N) is 2. The first-order chi connectivity index (χ1) is 8.68. The molecule has 5 N–H and O–H groups in total. The Balaban J connectivity index is 2.09. The van der Waals surface area contributed by atoms with E-state index in [1.54, 1.807) is 6.20 Å². The molecule has 2 rings (SSSR count). The number of amides is 1. The number of hydrogen-bond donors (Lipinski definition) is 3. The van der Waals surface area contributed by atoms with Gasteiger partial charge in [0.1, 0.15) is 0 Å². The first-order valence-electron chi connectivity index (χ1n) is 5.84. The van der Waals surface area contributed by atoms with Crippen molar-refractivity contribution >= 4 is 28.2 Å². The lowest BCUT2D eigenvalue weighted by Crippen LogP contribution is -2.13. The van der Waals surface area contributed by atoms with Crippen LogP contribution in [0.2, 0.25) is 0 Å². The molecule has 0 aliphatic rings. The Morgan fingerprint density at radius 3 is 2.94 bits per heavy atom. The predicted octanol–water partition coefficient (Wildman–Crippen LogP) is 1.49. The largest absolute Gasteiger partial charge is 0.397 e. The number of nitrogen functional groups attached to an aromatic ring is 1. The molecule has 2 aromatic rings. The molecule has 0 aliphatic heterocycles. The first kappa shape index (κ1) is 12.2. The highest BCUT2D eigenvalue weighted by atomic mass is 16.1. The van der Waals surface area contributed by atoms with Crippen LogP contribution >= 0.6 is 0 Å². The third kappa shape index (κ3) is 2.68. The fourth-order valence-electron chi connectivity index (χ4n) is 1.82. The summed E-state index contributed by atoms with van der Waals surface area (Å²) in [6.45, 7) is 0.666. The molecule has 0 atom stereocenters. The van der Waals surface area contributed by atoms with Crippen LogP contribution in [0.4, 0.5) is 11.4 Å². The van der Waals surface area contributed by atoms with Gasteiger partial charge < -0.3 is 16.8 Å². The fourth-order valence-corrected chi connectivity index (χ4v) is 1.82. The predicted molar refractivity (Wildman–Crippen MR) is 73.1 cm³/mol. The lowest BCUT2D eigenvalue weighted by Gasteiger charge is -2.10. The van der Waals surface area contributed by atoms with Gasteiger partial charge in [-0.1, -0.05) is 0 Å². The SMILES string of the molecule is NC(=O)CCCNc1ccc2ncccc2c1N. The lowest BCUT2D eigenvalue weighted by atomic mass is 10.1. The number of benzene rings is 1. The van der Waals surface area contributed by atoms with E-state index >= 15 is 0 Å². The Labute approximate surface area is 105 Å². The van der Waals surface area contributed by atoms with E-state index in [0.717, 1.165) is 16.6 Å². The van der Waals surface area contributed by atoms with Crippen LogP contribution in [0.1, 0.15) is 12.8 Å². The average molecular weight is 244 g/mol. The van der Waals surface area contributed by atoms with Gasteiger partial charge in [-0.25, -0.2) is 0 Å². The van der Waals surface area contributed by atoms with Crippen molar-refractivity contribution in [3.8, 4) is 0 Å². The van der Waals surface area contributed by atoms with Crippen LogP contribution in [-0.2, 0) is 4.79 Å². The number of primary amides is 1. The molecule has 0 spiro atoms. The molecular weight excluding hydrogens is 228 g/mol. The zero-order valence-corrected chi connectivity index (χ0v) is 10.0. The smallest absolute Gasteiger partial charge is 0.217 e. The van der Waals surface area contributed by atoms with Crippen LogP contribution in [0, 0.1) is 0 Å². The number of pyridine rings is 1. The zero-order valence-electron chi connectivity index (χ0n) is 10.0. The van der Waals surface area contributed by atoms with Crippen molar-refractivity contribution in [2.45, 2.75) is 12.8 Å². The number of carbonyl (C=O) groups excluding carboxylic acids is 1. The van der Waals surface area contributed by atoms with Gasteiger partial charge in [-0.05, 0) is 30.7 Å². The van der Waals surface area contributed by atoms with Crippen molar-refractivity contribution in [2.75, 3.05) is 17.6 Å². The summed E-state index contributed by atoms with van der Waals surface area (Å²) in [6.07, 6.45) is 2.81. The Hall–Kier alpha value is -2.30. The van der Waals surface area contributed by atoms with Crippen LogP contribution in [0.15, 0.2) is 30.5 Å². The second-order valence-electron chi connectivity index (χ2n) is 4.09. The third-order valence-electron chi connectivity index (χ3n) is 2.74. The van der Waals surface area contributed by atoms with E-state index in [4.69, 9.17) is 11.5 Å². The molecule has 0 saturated carbocycles. The minimum atomic E-state index is -0.285. The van der Waals surface area contributed by atoms with Crippen LogP contribution < -0.4 is 16.8 Å². The van der Waals surface area contributed by atoms with Crippen molar-refractivity contribution < 1.29 is 4.79 Å². The second-order valence-corrected chi connectivity index (χ2v) is 4.09. The molecule has 5 nitrogen and oxygen atoms in total. The number of aromatic nitrogens is 1. The van der Waals surface area contributed by atoms with Crippen LogP contribution in [0.5, 0.6) is 0 Å². The van der Waals surface area contributed by atoms with Gasteiger partial charge in [0.15, 0.2) is 0 Å². The number of anilines is 2. The van der Waals surface area contributed by atoms with E-state index in [2.05, 4.69) is 10.3 Å². The number of nitrogens with one attached hydrogen (secondary N) is 1. The molecule has 0 saturated heterocycles. The molecular formula is C13H16N4O. The quantitative estimate of drug-likeness (QED) is 0.548. The zero-order chi connectivity index (χ0) is 13.0. The number of fused-ring (bicyclic) bond motifs is 1. The van der Waals surface area contributed by atoms with Gasteiger partial charge in [-0.3, -0.25) is 9.78 Å². The van der Waals surface area contributed by atoms with Gasteiger partial charge in [0.2, 0.25) is 5.91 Å². The Morgan fingerprint density at radius 2 is 2.17 bits per heavy atom. The monoisotopic (exact) mass is 244 g/mol. The van der Waals surface area contributed by atoms with Crippen LogP contribution in [-0.4, -0.2) is 17.4 Å². The molecule has 94 valence electrons. The maximum Gasteiger partial charge on any atom is 0.217 e. The highest BCUT2D eigenvalue weighted by Gasteiger charge is 2.04. The molecule has 0 unspecified atom stereocenters. The van der Waals surface area contributed by atoms with E-state index in [9.17, 15) is 4.79 Å². The summed E-state index contributed by atoms with van der Waals surface area (Å²) in [5.41, 5.74) is 13.6. The van der Waals surface area contributed by atoms with Crippen molar-refractivity contribution in [2.24, 2.45) is 5.73 Å². The molecule has 0 fully saturated rings. The van der Waals surface area contributed by atoms with Gasteiger partial charge in [0.05, 0.1) is 16.9 Å². The summed E-state index contributed by atoms with van der Waals surface area (Å²) in [6, 6.07) is 7.61. The summed E-state index contributed by atoms with van der Waals surface area (Å²) in [5, 5.41) is 4.13. The fraction of sp³-hybridized carbons (Fsp3) is 0.231. The average Bonchev–Trinajstić information content (AvgIpc) is 2.37. The molecule has 5 heteroatoms. The van der Waals surface area contributed by atoms with Gasteiger partial charge >= 0.3 is 0 Å². The Morgan fingerprint density at radius 1 is 1.33 bits per heavy atom. The normalized spacial score (nSPS) is 10.4. The summed E-state index contributed by atoms with van der Waals surface area (Å²) >= 11 is 0. The molecule has 0 aliphatic carbocycles. The highest BCUT2D eigenvalue weighted by molar-refractivity contribution is 5.96. The second kappa shape index (κ2) is 5.35. The van der Waals surface area contributed by atoms with Gasteiger partial charge in [-0.2, -0.15) is 0 Å². The van der Waals surface area contributed by atoms with Crippen LogP contribution in [0.25, 0.3) is 10.9 Å². The summed E-state index contributed by atoms with van der Waals surface area (Å²) < 4.78 is 0. The maximum atomic E-state index is 10.6. The first-order valence-corrected chi connectivity index (χ1v) is 5.84. The number of carbonyl (C=O) groups is 1. The van der Waals surface area contributed by atoms with Gasteiger partial charge in [0.25, 0.3) is 0 Å². The van der Waals surface area contributed by atoms with Crippen molar-refractivity contribution in [3.63, 3.8) is 0 Å². The minimum Gasteiger partial charge on any atom is -0.397 e. The lowest BCUT2D eigenvalue weighted by molar-refractivity contribution is -0.118. The van der Waals surface area contributed by atoms with Crippen molar-refractivity contribution in [1.82, 2.24) is 4.98 Å². The van der Waals surface area contributed by atoms with E-state index in [-0.39, 0.29) is 5.91 Å². The van der Waals surface area contributed by atoms with Crippen LogP contribution in [0.3, 0.4) is 0 Å². The van der Waals surface area contributed by atoms with Crippen molar-refractivity contribution in [1.29, 1.82) is 0 Å². The molecule has 1 aromatic heterocycles. The third-order valence-corrected chi connectivity index (χ3v) is 2.74. The summed E-state index contributed by atoms with van der Waals surface area (Å²) in [4.78, 5) is 14.8. The molecule has 1 heterocycles. The number of rotatable bonds is 5. The van der Waals surface area contributed by atoms with E-state index in [1.165, 1.54) is 0 Å². The van der Waals surface area contributed by atoms with E-state index in [0.29, 0.717) is 25.1 Å². The minimum absolute atomic E-state index is 0.285. The Kier molecular flexibility index (Phi) is 3.62. The molecule has 18 heavy (non-hydrogen) atoms. The highest BCUT2D eigenvalue weighted by Crippen LogP contribution is 2.27. The van der Waals surface area contributed by atoms with E-state index < -0.39 is 0 Å². The summed E-state index contributed by atoms with van der Waals surface area (Å²) in [7, 11) is 0. The number of hydrogen-bond acceptors (Lipinski definition) is 4. The molecule has 1 aromatic carbocycles. The molecule has 1 amide bonds. The summed E-state index contributed by atoms with van der Waals surface area (Å²) in [5.74, 6) is -0.285. The van der Waals surface area contributed by atoms with Crippen molar-refractivity contribution in [3.05, 3.63) is 30.5 Å². The Bertz CT molecular complexity index is 568. The molecule has 0 radical (unpaired) electrons. The standard InChI is InChI=1S/C13H16N4O/c14-12(18)4-2-8-17-11-6-5-10-9(13(11)15)3-1-7-16-10/h1,3,5-7,17H,2,4,8,15H2,(H2,14,18). The van der Waals surface area contributed by atoms with E-state index in [1.807, 2.05) is 24.3 Å². The van der Waals surface area contributed by atoms with Gasteiger partial charge in [0, 0.05) is 24.5 Å².